The number of nitrogens with one attached hydrogen (secondary N) is 1. The van der Waals surface area contributed by atoms with E-state index in [2.05, 4.69) is 5.32 Å². The monoisotopic (exact) mass is 327 g/mol. The van der Waals surface area contributed by atoms with Gasteiger partial charge >= 0.3 is 5.97 Å². The molecular weight excluding hydrogens is 306 g/mol. The molecule has 0 aliphatic carbocycles. The summed E-state index contributed by atoms with van der Waals surface area (Å²) in [7, 11) is 2.91. The Hall–Kier alpha value is -2.82. The summed E-state index contributed by atoms with van der Waals surface area (Å²) in [5.74, 6) is -0.428. The van der Waals surface area contributed by atoms with Crippen molar-refractivity contribution in [1.29, 1.82) is 0 Å². The maximum Gasteiger partial charge on any atom is 0.329 e. The molecule has 1 N–H and O–H groups in total. The van der Waals surface area contributed by atoms with Gasteiger partial charge < -0.3 is 14.8 Å². The van der Waals surface area contributed by atoms with Crippen molar-refractivity contribution in [3.05, 3.63) is 65.7 Å². The molecule has 0 saturated heterocycles. The minimum Gasteiger partial charge on any atom is -0.497 e. The first-order valence-corrected chi connectivity index (χ1v) is 7.60. The molecule has 126 valence electrons. The van der Waals surface area contributed by atoms with Crippen LogP contribution in [0.2, 0.25) is 0 Å². The van der Waals surface area contributed by atoms with Gasteiger partial charge in [0, 0.05) is 12.8 Å². The second-order valence-corrected chi connectivity index (χ2v) is 5.36. The third-order valence-electron chi connectivity index (χ3n) is 3.78. The lowest BCUT2D eigenvalue weighted by molar-refractivity contribution is -0.145. The maximum atomic E-state index is 12.3. The van der Waals surface area contributed by atoms with Gasteiger partial charge in [0.15, 0.2) is 0 Å². The maximum absolute atomic E-state index is 12.3. The number of benzene rings is 2. The van der Waals surface area contributed by atoms with Crippen molar-refractivity contribution >= 4 is 11.9 Å². The molecule has 0 aliphatic heterocycles. The number of ether oxygens (including phenoxy) is 2. The fourth-order valence-electron chi connectivity index (χ4n) is 2.67. The van der Waals surface area contributed by atoms with Crippen LogP contribution in [0.4, 0.5) is 0 Å². The van der Waals surface area contributed by atoms with Crippen molar-refractivity contribution in [1.82, 2.24) is 5.32 Å². The molecule has 0 spiro atoms. The van der Waals surface area contributed by atoms with E-state index >= 15 is 0 Å². The summed E-state index contributed by atoms with van der Waals surface area (Å²) < 4.78 is 10.1. The molecule has 5 nitrogen and oxygen atoms in total. The lowest BCUT2D eigenvalue weighted by atomic mass is 9.85. The zero-order chi connectivity index (χ0) is 17.5. The summed E-state index contributed by atoms with van der Waals surface area (Å²) in [6.45, 7) is 1.38. The van der Waals surface area contributed by atoms with Gasteiger partial charge in [0.25, 0.3) is 0 Å². The average Bonchev–Trinajstić information content (AvgIpc) is 2.61. The van der Waals surface area contributed by atoms with Crippen molar-refractivity contribution in [3.63, 3.8) is 0 Å². The molecule has 0 unspecified atom stereocenters. The smallest absolute Gasteiger partial charge is 0.329 e. The van der Waals surface area contributed by atoms with E-state index in [1.165, 1.54) is 14.0 Å². The highest BCUT2D eigenvalue weighted by Crippen LogP contribution is 2.30. The number of amides is 1. The van der Waals surface area contributed by atoms with E-state index in [0.717, 1.165) is 16.9 Å². The first-order valence-electron chi connectivity index (χ1n) is 7.60. The van der Waals surface area contributed by atoms with E-state index in [-0.39, 0.29) is 11.8 Å². The Morgan fingerprint density at radius 2 is 1.50 bits per heavy atom. The number of methoxy groups -OCH3 is 2. The van der Waals surface area contributed by atoms with Crippen LogP contribution < -0.4 is 10.1 Å². The van der Waals surface area contributed by atoms with Crippen LogP contribution in [-0.2, 0) is 14.3 Å². The number of rotatable bonds is 6. The quantitative estimate of drug-likeness (QED) is 0.828. The second kappa shape index (κ2) is 8.15. The molecule has 0 bridgehead atoms. The number of carbonyl (C=O) groups excluding carboxylic acids is 2. The van der Waals surface area contributed by atoms with E-state index in [0.29, 0.717) is 0 Å². The van der Waals surface area contributed by atoms with Crippen molar-refractivity contribution in [2.75, 3.05) is 14.2 Å². The highest BCUT2D eigenvalue weighted by Gasteiger charge is 2.32. The van der Waals surface area contributed by atoms with Crippen LogP contribution in [0.5, 0.6) is 5.75 Å². The van der Waals surface area contributed by atoms with E-state index in [9.17, 15) is 9.59 Å². The van der Waals surface area contributed by atoms with Gasteiger partial charge in [-0.2, -0.15) is 0 Å². The molecule has 0 heterocycles. The first-order chi connectivity index (χ1) is 11.6. The van der Waals surface area contributed by atoms with Crippen LogP contribution in [0.3, 0.4) is 0 Å². The number of esters is 1. The van der Waals surface area contributed by atoms with Crippen LogP contribution in [-0.4, -0.2) is 32.1 Å². The van der Waals surface area contributed by atoms with Gasteiger partial charge in [0.1, 0.15) is 11.8 Å². The van der Waals surface area contributed by atoms with Gasteiger partial charge in [0.05, 0.1) is 14.2 Å². The van der Waals surface area contributed by atoms with Crippen molar-refractivity contribution < 1.29 is 19.1 Å². The minimum atomic E-state index is -0.816. The SMILES string of the molecule is COC(=O)[C@@H](NC(C)=O)[C@H](c1ccccc1)c1ccc(OC)cc1. The van der Waals surface area contributed by atoms with Crippen LogP contribution in [0, 0.1) is 0 Å². The van der Waals surface area contributed by atoms with Gasteiger partial charge in [-0.15, -0.1) is 0 Å². The molecule has 24 heavy (non-hydrogen) atoms. The minimum absolute atomic E-state index is 0.292. The zero-order valence-electron chi connectivity index (χ0n) is 14.0. The van der Waals surface area contributed by atoms with Crippen molar-refractivity contribution in [3.8, 4) is 5.75 Å². The van der Waals surface area contributed by atoms with Crippen LogP contribution >= 0.6 is 0 Å². The summed E-state index contributed by atoms with van der Waals surface area (Å²) in [5.41, 5.74) is 1.79. The number of hydrogen-bond donors (Lipinski definition) is 1. The summed E-state index contributed by atoms with van der Waals surface area (Å²) in [6, 6.07) is 16.1. The van der Waals surface area contributed by atoms with Crippen molar-refractivity contribution in [2.45, 2.75) is 18.9 Å². The summed E-state index contributed by atoms with van der Waals surface area (Å²) in [6.07, 6.45) is 0. The average molecular weight is 327 g/mol. The van der Waals surface area contributed by atoms with Crippen molar-refractivity contribution in [2.24, 2.45) is 0 Å². The second-order valence-electron chi connectivity index (χ2n) is 5.36. The Morgan fingerprint density at radius 3 is 2.00 bits per heavy atom. The lowest BCUT2D eigenvalue weighted by Gasteiger charge is -2.26. The highest BCUT2D eigenvalue weighted by molar-refractivity contribution is 5.84. The topological polar surface area (TPSA) is 64.6 Å². The number of carbonyl (C=O) groups is 2. The molecule has 0 saturated carbocycles. The standard InChI is InChI=1S/C19H21NO4/c1-13(21)20-18(19(22)24-3)17(14-7-5-4-6-8-14)15-9-11-16(23-2)12-10-15/h4-12,17-18H,1-3H3,(H,20,21)/t17-,18+/m1/s1. The molecule has 5 heteroatoms. The van der Waals surface area contributed by atoms with Gasteiger partial charge in [-0.1, -0.05) is 42.5 Å². The summed E-state index contributed by atoms with van der Waals surface area (Å²) in [5, 5.41) is 2.71. The van der Waals surface area contributed by atoms with Gasteiger partial charge in [-0.05, 0) is 23.3 Å². The van der Waals surface area contributed by atoms with Gasteiger partial charge in [0.2, 0.25) is 5.91 Å². The highest BCUT2D eigenvalue weighted by atomic mass is 16.5. The molecule has 2 atom stereocenters. The Kier molecular flexibility index (Phi) is 5.95. The summed E-state index contributed by atoms with van der Waals surface area (Å²) >= 11 is 0. The molecule has 0 aromatic heterocycles. The predicted octanol–water partition coefficient (Wildman–Crippen LogP) is 2.50. The largest absolute Gasteiger partial charge is 0.497 e. The lowest BCUT2D eigenvalue weighted by Crippen LogP contribution is -2.45. The zero-order valence-corrected chi connectivity index (χ0v) is 14.0. The molecule has 2 rings (SSSR count). The molecular formula is C19H21NO4. The third-order valence-corrected chi connectivity index (χ3v) is 3.78. The molecule has 2 aromatic carbocycles. The Balaban J connectivity index is 2.51. The first kappa shape index (κ1) is 17.5. The third kappa shape index (κ3) is 4.13. The van der Waals surface area contributed by atoms with E-state index < -0.39 is 12.0 Å². The van der Waals surface area contributed by atoms with Crippen LogP contribution in [0.25, 0.3) is 0 Å². The van der Waals surface area contributed by atoms with Crippen LogP contribution in [0.1, 0.15) is 24.0 Å². The fraction of sp³-hybridized carbons (Fsp3) is 0.263. The van der Waals surface area contributed by atoms with E-state index in [4.69, 9.17) is 9.47 Å². The van der Waals surface area contributed by atoms with Crippen LogP contribution in [0.15, 0.2) is 54.6 Å². The molecule has 1 amide bonds. The molecule has 2 aromatic rings. The molecule has 0 aliphatic rings. The summed E-state index contributed by atoms with van der Waals surface area (Å²) in [4.78, 5) is 23.9. The molecule has 0 radical (unpaired) electrons. The van der Waals surface area contributed by atoms with Gasteiger partial charge in [-0.3, -0.25) is 4.79 Å². The Bertz CT molecular complexity index is 682. The Morgan fingerprint density at radius 1 is 0.917 bits per heavy atom. The number of hydrogen-bond acceptors (Lipinski definition) is 4. The fourth-order valence-corrected chi connectivity index (χ4v) is 2.67. The Labute approximate surface area is 141 Å². The predicted molar refractivity (Wildman–Crippen MR) is 90.9 cm³/mol. The van der Waals surface area contributed by atoms with E-state index in [1.54, 1.807) is 7.11 Å². The molecule has 0 fully saturated rings. The van der Waals surface area contributed by atoms with E-state index in [1.807, 2.05) is 54.6 Å². The normalized spacial score (nSPS) is 12.8. The van der Waals surface area contributed by atoms with Gasteiger partial charge in [-0.25, -0.2) is 4.79 Å².